The summed E-state index contributed by atoms with van der Waals surface area (Å²) in [7, 11) is 11.0. The van der Waals surface area contributed by atoms with Crippen LogP contribution in [0.2, 0.25) is 0 Å². The second kappa shape index (κ2) is 41.9. The molecule has 0 saturated carbocycles. The molecule has 3 aliphatic rings. The predicted octanol–water partition coefficient (Wildman–Crippen LogP) is -3.20. The van der Waals surface area contributed by atoms with Crippen molar-refractivity contribution in [1.29, 1.82) is 0 Å². The van der Waals surface area contributed by atoms with Gasteiger partial charge in [-0.2, -0.15) is 0 Å². The van der Waals surface area contributed by atoms with E-state index in [1.807, 2.05) is 35.8 Å². The van der Waals surface area contributed by atoms with Gasteiger partial charge in [-0.25, -0.2) is 15.0 Å². The van der Waals surface area contributed by atoms with E-state index in [9.17, 15) is 43.2 Å². The number of carbonyl (C=O) groups excluding carboxylic acids is 8. The van der Waals surface area contributed by atoms with Crippen molar-refractivity contribution >= 4 is 104 Å². The lowest BCUT2D eigenvalue weighted by Crippen LogP contribution is -2.51. The van der Waals surface area contributed by atoms with Gasteiger partial charge in [0.15, 0.2) is 21.0 Å². The zero-order chi connectivity index (χ0) is 67.6. The molecule has 3 unspecified atom stereocenters. The third kappa shape index (κ3) is 29.2. The Hall–Kier alpha value is -7.35. The van der Waals surface area contributed by atoms with Gasteiger partial charge < -0.3 is 89.8 Å². The number of thiazole rings is 3. The van der Waals surface area contributed by atoms with E-state index in [1.54, 1.807) is 69.7 Å². The molecule has 3 fully saturated rings. The van der Waals surface area contributed by atoms with Gasteiger partial charge in [0.05, 0.1) is 61.0 Å². The van der Waals surface area contributed by atoms with Crippen LogP contribution in [0, 0.1) is 0 Å². The summed E-state index contributed by atoms with van der Waals surface area (Å²) in [5.41, 5.74) is 27.4. The zero-order valence-electron chi connectivity index (χ0n) is 53.4. The third-order valence-corrected chi connectivity index (χ3v) is 16.5. The van der Waals surface area contributed by atoms with E-state index in [2.05, 4.69) is 56.5 Å². The van der Waals surface area contributed by atoms with Gasteiger partial charge in [-0.15, -0.1) is 34.0 Å². The van der Waals surface area contributed by atoms with E-state index in [0.29, 0.717) is 137 Å². The van der Waals surface area contributed by atoms with Gasteiger partial charge in [0.25, 0.3) is 0 Å². The Morgan fingerprint density at radius 3 is 1.18 bits per heavy atom. The number of nitrogens with one attached hydrogen (secondary N) is 5. The van der Waals surface area contributed by atoms with Crippen LogP contribution in [0.3, 0.4) is 0 Å². The molecule has 3 aliphatic heterocycles. The summed E-state index contributed by atoms with van der Waals surface area (Å²) in [6, 6.07) is -3.02. The molecule has 0 radical (unpaired) electrons. The summed E-state index contributed by atoms with van der Waals surface area (Å²) in [5.74, 6) is -1.69. The van der Waals surface area contributed by atoms with Gasteiger partial charge in [-0.3, -0.25) is 58.1 Å². The highest BCUT2D eigenvalue weighted by atomic mass is 32.1. The topological polar surface area (TPSA) is 459 Å². The van der Waals surface area contributed by atoms with Crippen LogP contribution in [-0.4, -0.2) is 297 Å². The summed E-state index contributed by atoms with van der Waals surface area (Å²) >= 11 is 3.77. The number of carboxylic acids is 1. The van der Waals surface area contributed by atoms with E-state index in [4.69, 9.17) is 33.8 Å². The number of Topliss-reactive ketones (excluding diaryl/α,β-unsaturated/α-hetero) is 3. The zero-order valence-corrected chi connectivity index (χ0v) is 55.8. The predicted molar refractivity (Wildman–Crippen MR) is 352 cm³/mol. The molecule has 0 aliphatic carbocycles. The van der Waals surface area contributed by atoms with Crippen molar-refractivity contribution in [3.63, 3.8) is 0 Å². The molecule has 506 valence electrons. The first-order chi connectivity index (χ1) is 43.3. The summed E-state index contributed by atoms with van der Waals surface area (Å²) < 4.78 is 0. The number of amides is 5. The average Bonchev–Trinajstić information content (AvgIpc) is 3.16. The van der Waals surface area contributed by atoms with Crippen molar-refractivity contribution in [2.75, 3.05) is 140 Å². The summed E-state index contributed by atoms with van der Waals surface area (Å²) in [6.45, 7) is 9.64. The molecule has 0 bridgehead atoms. The lowest BCUT2D eigenvalue weighted by atomic mass is 10.1. The van der Waals surface area contributed by atoms with Gasteiger partial charge in [-0.05, 0) is 94.7 Å². The molecule has 35 heteroatoms. The molecule has 3 saturated heterocycles. The van der Waals surface area contributed by atoms with Crippen LogP contribution < -0.4 is 55.3 Å². The number of nitrogens with zero attached hydrogens (tertiary/aromatic N) is 12. The largest absolute Gasteiger partial charge is 0.480 e. The minimum Gasteiger partial charge on any atom is -0.480 e. The number of carboxylic acid groups (broad SMARTS) is 1. The number of ketones is 3. The van der Waals surface area contributed by atoms with E-state index in [1.165, 1.54) is 48.7 Å². The fourth-order valence-corrected chi connectivity index (χ4v) is 11.1. The SMILES string of the molecule is CC(N)=NCCC[C@H](N)C(=O)c1nccs1.CNC1CN(C)CCN(CC(=O)N[C@@H](CCCN=C(C)N)C(=O)c2nccs2)C1=O.CNC1CN(C)CCN(CC(=O)N[C@@H](CCCN=C(N)N)C(=O)c2nccs2)C1=O.CNC1CN(C)CCN(CC(=O)O)C1=O. The summed E-state index contributed by atoms with van der Waals surface area (Å²) in [6.07, 6.45) is 7.94. The number of aliphatic carboxylic acids is 1. The number of aromatic nitrogens is 3. The first-order valence-corrected chi connectivity index (χ1v) is 32.3. The smallest absolute Gasteiger partial charge is 0.323 e. The highest BCUT2D eigenvalue weighted by Crippen LogP contribution is 2.15. The van der Waals surface area contributed by atoms with Crippen molar-refractivity contribution in [2.24, 2.45) is 43.6 Å². The monoisotopic (exact) mass is 1330 g/mol. The van der Waals surface area contributed by atoms with E-state index >= 15 is 0 Å². The molecule has 91 heavy (non-hydrogen) atoms. The molecule has 0 spiro atoms. The number of nitrogens with two attached hydrogens (primary N) is 5. The summed E-state index contributed by atoms with van der Waals surface area (Å²) in [5, 5.41) is 29.5. The minimum atomic E-state index is -0.970. The van der Waals surface area contributed by atoms with Crippen LogP contribution in [0.25, 0.3) is 0 Å². The first kappa shape index (κ1) is 77.9. The van der Waals surface area contributed by atoms with Crippen molar-refractivity contribution in [3.05, 3.63) is 49.8 Å². The normalized spacial score (nSPS) is 18.9. The third-order valence-electron chi connectivity index (χ3n) is 14.2. The number of amidine groups is 2. The van der Waals surface area contributed by atoms with Gasteiger partial charge in [0.2, 0.25) is 46.9 Å². The van der Waals surface area contributed by atoms with Crippen LogP contribution in [-0.2, 0) is 28.8 Å². The molecule has 16 N–H and O–H groups in total. The Balaban J connectivity index is 0.000000332. The molecule has 5 amide bonds. The number of hydrogen-bond acceptors (Lipinski definition) is 25. The Morgan fingerprint density at radius 2 is 0.868 bits per heavy atom. The van der Waals surface area contributed by atoms with Gasteiger partial charge in [0.1, 0.15) is 6.54 Å². The van der Waals surface area contributed by atoms with E-state index < -0.39 is 24.1 Å². The fourth-order valence-electron chi connectivity index (χ4n) is 9.20. The number of rotatable bonds is 29. The van der Waals surface area contributed by atoms with Crippen LogP contribution in [0.1, 0.15) is 81.8 Å². The fraction of sp³-hybridized carbons (Fsp3) is 0.625. The Bertz CT molecular complexity index is 2710. The quantitative estimate of drug-likeness (QED) is 0.0141. The minimum absolute atomic E-state index is 0.0226. The van der Waals surface area contributed by atoms with Crippen LogP contribution in [0.5, 0.6) is 0 Å². The average molecular weight is 1330 g/mol. The molecule has 3 aromatic heterocycles. The number of likely N-dealkylation sites (N-methyl/N-ethyl adjacent to an activating group) is 6. The van der Waals surface area contributed by atoms with Gasteiger partial charge in [-0.1, -0.05) is 0 Å². The Morgan fingerprint density at radius 1 is 0.538 bits per heavy atom. The van der Waals surface area contributed by atoms with Crippen LogP contribution >= 0.6 is 34.0 Å². The molecule has 32 nitrogen and oxygen atoms in total. The highest BCUT2D eigenvalue weighted by Gasteiger charge is 2.34. The molecule has 0 aromatic carbocycles. The van der Waals surface area contributed by atoms with E-state index in [-0.39, 0.29) is 90.6 Å². The first-order valence-electron chi connectivity index (χ1n) is 29.7. The molecule has 6 heterocycles. The standard InChI is InChI=1S/C19H31N7O3S.C18H30N8O3S.C10H16N4OS.C9H17N3O3/c1-13(20)22-6-4-5-14(17(28)18-23-7-10-30-18)24-16(27)12-26-9-8-25(3)11-15(21-2)19(26)29;1-21-13-10-25(2)7-8-26(17(13)29)11-14(27)24-12(4-3-5-23-18(19)20)15(28)16-22-6-9-30-16;1-7(11)13-4-2-3-8(12)9(15)10-14-5-6-16-10;1-10-7-5-11(2)3-4-12(9(7)15)6-8(13)14/h7,10,14-15,21H,4-6,8-9,11-12H2,1-3H3,(H2,20,22)(H,24,27);6,9,12-13,21H,3-5,7-8,10-11H2,1-2H3,(H,24,27)(H4,19,20,23);5-6,8H,2-4,12H2,1H3,(H2,11,13);7,10H,3-6H2,1-2H3,(H,13,14)/t14-,15?;12-,13?;8-;/m000./s1. The molecule has 3 aromatic rings. The Kier molecular flexibility index (Phi) is 35.9. The number of hydrogen-bond donors (Lipinski definition) is 11. The van der Waals surface area contributed by atoms with E-state index in [0.717, 1.165) is 6.42 Å². The lowest BCUT2D eigenvalue weighted by Gasteiger charge is -2.24. The number of guanidine groups is 1. The summed E-state index contributed by atoms with van der Waals surface area (Å²) in [4.78, 5) is 145. The molecular formula is C56H94N22O10S3. The second-order valence-electron chi connectivity index (χ2n) is 21.7. The molecule has 6 rings (SSSR count). The maximum atomic E-state index is 12.8. The highest BCUT2D eigenvalue weighted by molar-refractivity contribution is 7.12. The van der Waals surface area contributed by atoms with Crippen molar-refractivity contribution in [3.8, 4) is 0 Å². The van der Waals surface area contributed by atoms with Gasteiger partial charge >= 0.3 is 5.97 Å². The van der Waals surface area contributed by atoms with Crippen molar-refractivity contribution in [1.82, 2.24) is 70.9 Å². The molecular weight excluding hydrogens is 1240 g/mol. The number of carbonyl (C=O) groups is 9. The lowest BCUT2D eigenvalue weighted by molar-refractivity contribution is -0.144. The second-order valence-corrected chi connectivity index (χ2v) is 24.4. The van der Waals surface area contributed by atoms with Crippen LogP contribution in [0.15, 0.2) is 49.7 Å². The van der Waals surface area contributed by atoms with Gasteiger partial charge in [0, 0.05) is 113 Å². The maximum absolute atomic E-state index is 12.8. The maximum Gasteiger partial charge on any atom is 0.323 e. The number of aliphatic imine (C=N–C) groups is 3. The molecule has 6 atom stereocenters. The van der Waals surface area contributed by atoms with Crippen LogP contribution in [0.4, 0.5) is 0 Å². The Labute approximate surface area is 543 Å². The van der Waals surface area contributed by atoms with Crippen molar-refractivity contribution < 1.29 is 48.3 Å². The van der Waals surface area contributed by atoms with Crippen molar-refractivity contribution in [2.45, 2.75) is 88.6 Å².